The third kappa shape index (κ3) is 9.28. The van der Waals surface area contributed by atoms with Gasteiger partial charge in [0.2, 0.25) is 5.91 Å². The monoisotopic (exact) mass is 390 g/mol. The SMILES string of the molecule is CCOC(=O)NC(C(=O)NCc1ccc(COCC(F)(F)F)cc1)C(C)C. The number of hydrogen-bond acceptors (Lipinski definition) is 4. The van der Waals surface area contributed by atoms with Crippen molar-refractivity contribution in [3.05, 3.63) is 35.4 Å². The minimum absolute atomic E-state index is 0.137. The zero-order chi connectivity index (χ0) is 20.4. The highest BCUT2D eigenvalue weighted by atomic mass is 19.4. The summed E-state index contributed by atoms with van der Waals surface area (Å²) in [6.45, 7) is 4.24. The van der Waals surface area contributed by atoms with Crippen LogP contribution >= 0.6 is 0 Å². The van der Waals surface area contributed by atoms with E-state index in [0.29, 0.717) is 5.56 Å². The first-order valence-corrected chi connectivity index (χ1v) is 8.55. The number of alkyl carbamates (subject to hydrolysis) is 1. The molecule has 27 heavy (non-hydrogen) atoms. The molecule has 0 fully saturated rings. The summed E-state index contributed by atoms with van der Waals surface area (Å²) in [5.41, 5.74) is 1.36. The van der Waals surface area contributed by atoms with Crippen molar-refractivity contribution < 1.29 is 32.2 Å². The number of benzene rings is 1. The van der Waals surface area contributed by atoms with Gasteiger partial charge in [0.15, 0.2) is 0 Å². The number of nitrogens with one attached hydrogen (secondary N) is 2. The molecule has 0 saturated carbocycles. The molecule has 2 N–H and O–H groups in total. The van der Waals surface area contributed by atoms with Gasteiger partial charge in [-0.05, 0) is 24.0 Å². The maximum absolute atomic E-state index is 12.3. The van der Waals surface area contributed by atoms with Gasteiger partial charge in [0.25, 0.3) is 0 Å². The van der Waals surface area contributed by atoms with Crippen molar-refractivity contribution in [3.8, 4) is 0 Å². The van der Waals surface area contributed by atoms with Crippen LogP contribution in [-0.2, 0) is 27.4 Å². The Balaban J connectivity index is 2.51. The van der Waals surface area contributed by atoms with Crippen LogP contribution in [0.4, 0.5) is 18.0 Å². The van der Waals surface area contributed by atoms with Crippen LogP contribution in [0.1, 0.15) is 31.9 Å². The van der Waals surface area contributed by atoms with Crippen LogP contribution in [0.2, 0.25) is 0 Å². The fraction of sp³-hybridized carbons (Fsp3) is 0.556. The zero-order valence-electron chi connectivity index (χ0n) is 15.6. The molecule has 0 aromatic heterocycles. The van der Waals surface area contributed by atoms with Gasteiger partial charge in [-0.25, -0.2) is 4.79 Å². The van der Waals surface area contributed by atoms with Gasteiger partial charge >= 0.3 is 12.3 Å². The number of amides is 2. The summed E-state index contributed by atoms with van der Waals surface area (Å²) in [5.74, 6) is -0.488. The van der Waals surface area contributed by atoms with Crippen LogP contribution in [-0.4, -0.2) is 37.4 Å². The van der Waals surface area contributed by atoms with Crippen LogP contribution in [0.3, 0.4) is 0 Å². The number of hydrogen-bond donors (Lipinski definition) is 2. The lowest BCUT2D eigenvalue weighted by Gasteiger charge is -2.21. The van der Waals surface area contributed by atoms with Crippen molar-refractivity contribution in [1.29, 1.82) is 0 Å². The Morgan fingerprint density at radius 3 is 2.22 bits per heavy atom. The molecule has 2 amide bonds. The van der Waals surface area contributed by atoms with E-state index in [0.717, 1.165) is 5.56 Å². The molecule has 0 radical (unpaired) electrons. The molecular weight excluding hydrogens is 365 g/mol. The molecule has 0 spiro atoms. The molecule has 0 aliphatic carbocycles. The fourth-order valence-electron chi connectivity index (χ4n) is 2.17. The van der Waals surface area contributed by atoms with E-state index in [1.165, 1.54) is 0 Å². The Morgan fingerprint density at radius 2 is 1.70 bits per heavy atom. The van der Waals surface area contributed by atoms with Crippen molar-refractivity contribution in [2.75, 3.05) is 13.2 Å². The molecule has 0 bridgehead atoms. The summed E-state index contributed by atoms with van der Waals surface area (Å²) in [5, 5.41) is 5.24. The molecule has 152 valence electrons. The van der Waals surface area contributed by atoms with E-state index in [-0.39, 0.29) is 31.6 Å². The molecule has 0 heterocycles. The smallest absolute Gasteiger partial charge is 0.411 e. The Hall–Kier alpha value is -2.29. The lowest BCUT2D eigenvalue weighted by molar-refractivity contribution is -0.176. The molecule has 1 aromatic rings. The zero-order valence-corrected chi connectivity index (χ0v) is 15.6. The van der Waals surface area contributed by atoms with Crippen molar-refractivity contribution in [3.63, 3.8) is 0 Å². The molecule has 1 unspecified atom stereocenters. The Morgan fingerprint density at radius 1 is 1.11 bits per heavy atom. The normalized spacial score (nSPS) is 12.6. The number of halogens is 3. The largest absolute Gasteiger partial charge is 0.450 e. The number of carbonyl (C=O) groups excluding carboxylic acids is 2. The first kappa shape index (κ1) is 22.8. The predicted molar refractivity (Wildman–Crippen MR) is 92.8 cm³/mol. The van der Waals surface area contributed by atoms with Crippen LogP contribution in [0, 0.1) is 5.92 Å². The predicted octanol–water partition coefficient (Wildman–Crippen LogP) is 3.15. The molecule has 0 aliphatic heterocycles. The molecule has 9 heteroatoms. The minimum Gasteiger partial charge on any atom is -0.450 e. The van der Waals surface area contributed by atoms with E-state index in [1.807, 2.05) is 0 Å². The minimum atomic E-state index is -4.35. The average Bonchev–Trinajstić information content (AvgIpc) is 2.57. The van der Waals surface area contributed by atoms with Gasteiger partial charge in [-0.3, -0.25) is 4.79 Å². The first-order chi connectivity index (χ1) is 12.6. The van der Waals surface area contributed by atoms with Crippen LogP contribution in [0.15, 0.2) is 24.3 Å². The number of alkyl halides is 3. The number of carbonyl (C=O) groups is 2. The molecule has 0 aliphatic rings. The van der Waals surface area contributed by atoms with E-state index < -0.39 is 24.9 Å². The topological polar surface area (TPSA) is 76.7 Å². The summed E-state index contributed by atoms with van der Waals surface area (Å²) in [6.07, 6.45) is -5.01. The number of ether oxygens (including phenoxy) is 2. The van der Waals surface area contributed by atoms with Crippen molar-refractivity contribution in [2.45, 2.75) is 46.1 Å². The van der Waals surface area contributed by atoms with Gasteiger partial charge in [-0.1, -0.05) is 38.1 Å². The molecule has 1 atom stereocenters. The van der Waals surface area contributed by atoms with Crippen molar-refractivity contribution >= 4 is 12.0 Å². The maximum atomic E-state index is 12.3. The fourth-order valence-corrected chi connectivity index (χ4v) is 2.17. The lowest BCUT2D eigenvalue weighted by atomic mass is 10.0. The van der Waals surface area contributed by atoms with E-state index in [9.17, 15) is 22.8 Å². The lowest BCUT2D eigenvalue weighted by Crippen LogP contribution is -2.49. The number of rotatable bonds is 9. The Kier molecular flexibility index (Phi) is 9.07. The van der Waals surface area contributed by atoms with E-state index >= 15 is 0 Å². The highest BCUT2D eigenvalue weighted by molar-refractivity contribution is 5.85. The summed E-state index contributed by atoms with van der Waals surface area (Å²) in [4.78, 5) is 23.8. The Bertz CT molecular complexity index is 604. The molecular formula is C18H25F3N2O4. The second-order valence-corrected chi connectivity index (χ2v) is 6.23. The van der Waals surface area contributed by atoms with Crippen molar-refractivity contribution in [2.24, 2.45) is 5.92 Å². The van der Waals surface area contributed by atoms with Gasteiger partial charge in [-0.15, -0.1) is 0 Å². The quantitative estimate of drug-likeness (QED) is 0.679. The summed E-state index contributed by atoms with van der Waals surface area (Å²) in [7, 11) is 0. The second-order valence-electron chi connectivity index (χ2n) is 6.23. The highest BCUT2D eigenvalue weighted by Crippen LogP contribution is 2.16. The van der Waals surface area contributed by atoms with Gasteiger partial charge in [0.1, 0.15) is 12.6 Å². The average molecular weight is 390 g/mol. The molecule has 6 nitrogen and oxygen atoms in total. The van der Waals surface area contributed by atoms with Crippen LogP contribution in [0.5, 0.6) is 0 Å². The molecule has 1 rings (SSSR count). The third-order valence-electron chi connectivity index (χ3n) is 3.52. The van der Waals surface area contributed by atoms with E-state index in [4.69, 9.17) is 4.74 Å². The molecule has 1 aromatic carbocycles. The third-order valence-corrected chi connectivity index (χ3v) is 3.52. The summed E-state index contributed by atoms with van der Waals surface area (Å²) >= 11 is 0. The first-order valence-electron chi connectivity index (χ1n) is 8.55. The molecule has 0 saturated heterocycles. The van der Waals surface area contributed by atoms with Crippen LogP contribution < -0.4 is 10.6 Å². The highest BCUT2D eigenvalue weighted by Gasteiger charge is 2.27. The second kappa shape index (κ2) is 10.8. The van der Waals surface area contributed by atoms with Gasteiger partial charge in [0.05, 0.1) is 13.2 Å². The van der Waals surface area contributed by atoms with E-state index in [1.54, 1.807) is 45.0 Å². The standard InChI is InChI=1S/C18H25F3N2O4/c1-4-27-17(25)23-15(12(2)3)16(24)22-9-13-5-7-14(8-6-13)10-26-11-18(19,20)21/h5-8,12,15H,4,9-11H2,1-3H3,(H,22,24)(H,23,25). The summed E-state index contributed by atoms with van der Waals surface area (Å²) in [6, 6.07) is 5.91. The van der Waals surface area contributed by atoms with E-state index in [2.05, 4.69) is 15.4 Å². The van der Waals surface area contributed by atoms with Crippen LogP contribution in [0.25, 0.3) is 0 Å². The summed E-state index contributed by atoms with van der Waals surface area (Å²) < 4.78 is 45.5. The van der Waals surface area contributed by atoms with Gasteiger partial charge in [0, 0.05) is 6.54 Å². The van der Waals surface area contributed by atoms with Gasteiger partial charge in [-0.2, -0.15) is 13.2 Å². The Labute approximate surface area is 156 Å². The maximum Gasteiger partial charge on any atom is 0.411 e. The van der Waals surface area contributed by atoms with Gasteiger partial charge < -0.3 is 20.1 Å². The van der Waals surface area contributed by atoms with Crippen molar-refractivity contribution in [1.82, 2.24) is 10.6 Å².